The summed E-state index contributed by atoms with van der Waals surface area (Å²) in [5, 5.41) is 8.95. The minimum atomic E-state index is 0.128. The summed E-state index contributed by atoms with van der Waals surface area (Å²) < 4.78 is 0. The van der Waals surface area contributed by atoms with Gasteiger partial charge in [0.15, 0.2) is 0 Å². The quantitative estimate of drug-likeness (QED) is 0.684. The van der Waals surface area contributed by atoms with Crippen molar-refractivity contribution in [3.8, 4) is 0 Å². The highest BCUT2D eigenvalue weighted by Gasteiger charge is 2.07. The Bertz CT molecular complexity index is 258. The van der Waals surface area contributed by atoms with Gasteiger partial charge in [-0.2, -0.15) is 0 Å². The van der Waals surface area contributed by atoms with Gasteiger partial charge in [0.1, 0.15) is 0 Å². The molecule has 1 rings (SSSR count). The first-order valence-corrected chi connectivity index (χ1v) is 4.34. The number of anilines is 2. The Balaban J connectivity index is 2.77. The van der Waals surface area contributed by atoms with Crippen LogP contribution < -0.4 is 10.6 Å². The lowest BCUT2D eigenvalue weighted by molar-refractivity contribution is 0.270. The van der Waals surface area contributed by atoms with E-state index in [1.807, 2.05) is 43.1 Å². The third-order valence-electron chi connectivity index (χ3n) is 2.23. The van der Waals surface area contributed by atoms with Crippen molar-refractivity contribution in [3.05, 3.63) is 24.3 Å². The minimum absolute atomic E-state index is 0.128. The fourth-order valence-electron chi connectivity index (χ4n) is 1.09. The number of benzene rings is 1. The van der Waals surface area contributed by atoms with E-state index < -0.39 is 0 Å². The van der Waals surface area contributed by atoms with Gasteiger partial charge >= 0.3 is 0 Å². The predicted octanol–water partition coefficient (Wildman–Crippen LogP) is 1.09. The Morgan fingerprint density at radius 3 is 2.38 bits per heavy atom. The molecule has 0 aliphatic heterocycles. The maximum Gasteiger partial charge on any atom is 0.0632 e. The molecule has 0 spiro atoms. The van der Waals surface area contributed by atoms with E-state index in [0.29, 0.717) is 0 Å². The fourth-order valence-corrected chi connectivity index (χ4v) is 1.09. The molecule has 0 amide bonds. The fraction of sp³-hybridized carbons (Fsp3) is 0.400. The van der Waals surface area contributed by atoms with Crippen molar-refractivity contribution in [1.29, 1.82) is 0 Å². The maximum atomic E-state index is 8.95. The minimum Gasteiger partial charge on any atom is -0.399 e. The number of nitrogen functional groups attached to an aromatic ring is 1. The molecule has 0 fully saturated rings. The third-order valence-corrected chi connectivity index (χ3v) is 2.23. The molecule has 0 aliphatic rings. The van der Waals surface area contributed by atoms with Crippen molar-refractivity contribution in [1.82, 2.24) is 0 Å². The molecule has 1 aromatic carbocycles. The first kappa shape index (κ1) is 9.86. The van der Waals surface area contributed by atoms with Gasteiger partial charge in [-0.25, -0.2) is 0 Å². The molecular weight excluding hydrogens is 164 g/mol. The van der Waals surface area contributed by atoms with Crippen molar-refractivity contribution in [2.24, 2.45) is 0 Å². The van der Waals surface area contributed by atoms with Crippen LogP contribution in [0, 0.1) is 0 Å². The lowest BCUT2D eigenvalue weighted by Gasteiger charge is -2.25. The summed E-state index contributed by atoms with van der Waals surface area (Å²) in [5.74, 6) is 0. The van der Waals surface area contributed by atoms with Gasteiger partial charge in [-0.15, -0.1) is 0 Å². The van der Waals surface area contributed by atoms with Gasteiger partial charge in [0.25, 0.3) is 0 Å². The molecule has 0 aliphatic carbocycles. The predicted molar refractivity (Wildman–Crippen MR) is 55.8 cm³/mol. The number of hydrogen-bond donors (Lipinski definition) is 2. The molecule has 3 nitrogen and oxygen atoms in total. The molecule has 13 heavy (non-hydrogen) atoms. The maximum absolute atomic E-state index is 8.95. The molecule has 1 atom stereocenters. The van der Waals surface area contributed by atoms with Crippen LogP contribution in [0.5, 0.6) is 0 Å². The van der Waals surface area contributed by atoms with Crippen LogP contribution in [0.15, 0.2) is 24.3 Å². The third kappa shape index (κ3) is 2.36. The molecule has 1 unspecified atom stereocenters. The molecule has 0 radical (unpaired) electrons. The number of likely N-dealkylation sites (N-methyl/N-ethyl adjacent to an activating group) is 1. The number of rotatable bonds is 3. The summed E-state index contributed by atoms with van der Waals surface area (Å²) in [6.45, 7) is 2.12. The highest BCUT2D eigenvalue weighted by atomic mass is 16.3. The molecule has 0 heterocycles. The second-order valence-electron chi connectivity index (χ2n) is 3.23. The summed E-state index contributed by atoms with van der Waals surface area (Å²) in [4.78, 5) is 2.01. The van der Waals surface area contributed by atoms with E-state index in [9.17, 15) is 0 Å². The van der Waals surface area contributed by atoms with Crippen LogP contribution in [0.1, 0.15) is 6.92 Å². The van der Waals surface area contributed by atoms with E-state index in [1.165, 1.54) is 0 Å². The normalized spacial score (nSPS) is 12.5. The zero-order chi connectivity index (χ0) is 9.84. The summed E-state index contributed by atoms with van der Waals surface area (Å²) in [7, 11) is 1.95. The van der Waals surface area contributed by atoms with E-state index in [0.717, 1.165) is 11.4 Å². The summed E-state index contributed by atoms with van der Waals surface area (Å²) in [6.07, 6.45) is 0. The van der Waals surface area contributed by atoms with Crippen molar-refractivity contribution in [3.63, 3.8) is 0 Å². The van der Waals surface area contributed by atoms with Crippen LogP contribution in [0.2, 0.25) is 0 Å². The van der Waals surface area contributed by atoms with Crippen LogP contribution in [-0.4, -0.2) is 24.8 Å². The first-order chi connectivity index (χ1) is 6.15. The molecule has 0 bridgehead atoms. The van der Waals surface area contributed by atoms with Crippen molar-refractivity contribution < 1.29 is 5.11 Å². The highest BCUT2D eigenvalue weighted by molar-refractivity contribution is 5.53. The van der Waals surface area contributed by atoms with Crippen LogP contribution in [0.3, 0.4) is 0 Å². The molecule has 3 heteroatoms. The Kier molecular flexibility index (Phi) is 3.14. The summed E-state index contributed by atoms with van der Waals surface area (Å²) in [6, 6.07) is 7.73. The van der Waals surface area contributed by atoms with Crippen molar-refractivity contribution in [2.75, 3.05) is 24.3 Å². The smallest absolute Gasteiger partial charge is 0.0632 e. The zero-order valence-electron chi connectivity index (χ0n) is 8.07. The van der Waals surface area contributed by atoms with Crippen LogP contribution in [0.25, 0.3) is 0 Å². The van der Waals surface area contributed by atoms with E-state index in [2.05, 4.69) is 0 Å². The van der Waals surface area contributed by atoms with Crippen LogP contribution >= 0.6 is 0 Å². The lowest BCUT2D eigenvalue weighted by atomic mass is 10.2. The topological polar surface area (TPSA) is 49.5 Å². The average molecular weight is 180 g/mol. The standard InChI is InChI=1S/C10H16N2O/c1-8(7-13)12(2)10-5-3-9(11)4-6-10/h3-6,8,13H,7,11H2,1-2H3. The molecular formula is C10H16N2O. The van der Waals surface area contributed by atoms with Crippen LogP contribution in [0.4, 0.5) is 11.4 Å². The average Bonchev–Trinajstić information content (AvgIpc) is 2.17. The van der Waals surface area contributed by atoms with E-state index in [1.54, 1.807) is 0 Å². The van der Waals surface area contributed by atoms with Gasteiger partial charge in [0.05, 0.1) is 6.61 Å². The van der Waals surface area contributed by atoms with E-state index in [4.69, 9.17) is 10.8 Å². The van der Waals surface area contributed by atoms with Crippen molar-refractivity contribution >= 4 is 11.4 Å². The van der Waals surface area contributed by atoms with Gasteiger partial charge < -0.3 is 15.7 Å². The monoisotopic (exact) mass is 180 g/mol. The Hall–Kier alpha value is -1.22. The molecule has 3 N–H and O–H groups in total. The van der Waals surface area contributed by atoms with E-state index >= 15 is 0 Å². The Morgan fingerprint density at radius 2 is 1.92 bits per heavy atom. The molecule has 0 saturated carbocycles. The number of aliphatic hydroxyl groups excluding tert-OH is 1. The molecule has 72 valence electrons. The van der Waals surface area contributed by atoms with Gasteiger partial charge in [0, 0.05) is 24.5 Å². The van der Waals surface area contributed by atoms with Gasteiger partial charge in [-0.3, -0.25) is 0 Å². The van der Waals surface area contributed by atoms with Crippen molar-refractivity contribution in [2.45, 2.75) is 13.0 Å². The number of nitrogens with zero attached hydrogens (tertiary/aromatic N) is 1. The number of aliphatic hydroxyl groups is 1. The largest absolute Gasteiger partial charge is 0.399 e. The first-order valence-electron chi connectivity index (χ1n) is 4.34. The summed E-state index contributed by atoms with van der Waals surface area (Å²) in [5.41, 5.74) is 7.39. The number of hydrogen-bond acceptors (Lipinski definition) is 3. The SMILES string of the molecule is CC(CO)N(C)c1ccc(N)cc1. The Labute approximate surface area is 78.8 Å². The molecule has 0 aromatic heterocycles. The van der Waals surface area contributed by atoms with E-state index in [-0.39, 0.29) is 12.6 Å². The highest BCUT2D eigenvalue weighted by Crippen LogP contribution is 2.16. The van der Waals surface area contributed by atoms with Gasteiger partial charge in [-0.1, -0.05) is 0 Å². The second-order valence-corrected chi connectivity index (χ2v) is 3.23. The Morgan fingerprint density at radius 1 is 1.38 bits per heavy atom. The lowest BCUT2D eigenvalue weighted by Crippen LogP contribution is -2.31. The van der Waals surface area contributed by atoms with Crippen LogP contribution in [-0.2, 0) is 0 Å². The number of nitrogens with two attached hydrogens (primary N) is 1. The molecule has 0 saturated heterocycles. The van der Waals surface area contributed by atoms with Gasteiger partial charge in [0.2, 0.25) is 0 Å². The van der Waals surface area contributed by atoms with Gasteiger partial charge in [-0.05, 0) is 31.2 Å². The molecule has 1 aromatic rings. The summed E-state index contributed by atoms with van der Waals surface area (Å²) >= 11 is 0. The zero-order valence-corrected chi connectivity index (χ0v) is 8.07. The second kappa shape index (κ2) is 4.14.